The molecule has 2 aromatic heterocycles. The first-order chi connectivity index (χ1) is 15.9. The monoisotopic (exact) mass is 451 g/mol. The SMILES string of the molecule is Nc1nc2c(c(C#CCNC(=O)c3ccc(C=O)cc3)cn2C2CC(O)C(CO)O2)c(=O)[nH]1. The van der Waals surface area contributed by atoms with Gasteiger partial charge in [-0.15, -0.1) is 0 Å². The van der Waals surface area contributed by atoms with Gasteiger partial charge in [0.15, 0.2) is 5.65 Å². The van der Waals surface area contributed by atoms with Crippen LogP contribution in [0.4, 0.5) is 5.95 Å². The van der Waals surface area contributed by atoms with Crippen molar-refractivity contribution in [2.24, 2.45) is 0 Å². The third-order valence-corrected chi connectivity index (χ3v) is 5.26. The summed E-state index contributed by atoms with van der Waals surface area (Å²) in [6.45, 7) is -0.344. The maximum absolute atomic E-state index is 12.5. The Bertz CT molecular complexity index is 1320. The average Bonchev–Trinajstić information content (AvgIpc) is 3.36. The second kappa shape index (κ2) is 9.25. The van der Waals surface area contributed by atoms with E-state index in [0.29, 0.717) is 23.0 Å². The fourth-order valence-corrected chi connectivity index (χ4v) is 3.62. The van der Waals surface area contributed by atoms with Crippen LogP contribution in [0, 0.1) is 11.8 Å². The van der Waals surface area contributed by atoms with Gasteiger partial charge in [0.05, 0.1) is 30.2 Å². The Kier molecular flexibility index (Phi) is 6.23. The van der Waals surface area contributed by atoms with Crippen LogP contribution < -0.4 is 16.6 Å². The summed E-state index contributed by atoms with van der Waals surface area (Å²) in [5.74, 6) is 5.20. The minimum absolute atomic E-state index is 0.00642. The third kappa shape index (κ3) is 4.49. The van der Waals surface area contributed by atoms with E-state index in [2.05, 4.69) is 27.1 Å². The summed E-state index contributed by atoms with van der Waals surface area (Å²) in [6.07, 6.45) is 0.151. The zero-order valence-electron chi connectivity index (χ0n) is 17.3. The molecule has 0 radical (unpaired) electrons. The van der Waals surface area contributed by atoms with Crippen molar-refractivity contribution in [3.05, 3.63) is 57.5 Å². The molecular weight excluding hydrogens is 430 g/mol. The lowest BCUT2D eigenvalue weighted by Gasteiger charge is -2.14. The van der Waals surface area contributed by atoms with Crippen molar-refractivity contribution in [3.63, 3.8) is 0 Å². The van der Waals surface area contributed by atoms with Gasteiger partial charge in [-0.3, -0.25) is 19.4 Å². The van der Waals surface area contributed by atoms with E-state index < -0.39 is 24.0 Å². The number of rotatable bonds is 5. The number of aliphatic hydroxyl groups excluding tert-OH is 2. The summed E-state index contributed by atoms with van der Waals surface area (Å²) < 4.78 is 7.23. The molecule has 1 aromatic carbocycles. The van der Waals surface area contributed by atoms with Crippen molar-refractivity contribution >= 4 is 29.2 Å². The zero-order valence-corrected chi connectivity index (χ0v) is 17.3. The highest BCUT2D eigenvalue weighted by Gasteiger charge is 2.35. The highest BCUT2D eigenvalue weighted by atomic mass is 16.5. The van der Waals surface area contributed by atoms with Gasteiger partial charge < -0.3 is 30.6 Å². The molecule has 3 aromatic rings. The van der Waals surface area contributed by atoms with Gasteiger partial charge >= 0.3 is 0 Å². The highest BCUT2D eigenvalue weighted by Crippen LogP contribution is 2.32. The number of nitrogens with zero attached hydrogens (tertiary/aromatic N) is 2. The smallest absolute Gasteiger partial charge is 0.263 e. The van der Waals surface area contributed by atoms with Crippen LogP contribution in [0.2, 0.25) is 0 Å². The molecule has 6 N–H and O–H groups in total. The second-order valence-corrected chi connectivity index (χ2v) is 7.44. The molecule has 0 saturated carbocycles. The Morgan fingerprint density at radius 2 is 2.15 bits per heavy atom. The molecule has 11 heteroatoms. The van der Waals surface area contributed by atoms with Gasteiger partial charge in [-0.1, -0.05) is 24.0 Å². The predicted octanol–water partition coefficient (Wildman–Crippen LogP) is -0.459. The number of nitrogens with two attached hydrogens (primary N) is 1. The van der Waals surface area contributed by atoms with Crippen molar-refractivity contribution < 1.29 is 24.5 Å². The van der Waals surface area contributed by atoms with Gasteiger partial charge in [-0.2, -0.15) is 4.98 Å². The number of carbonyl (C=O) groups excluding carboxylic acids is 2. The van der Waals surface area contributed by atoms with Gasteiger partial charge in [0.2, 0.25) is 5.95 Å². The molecule has 4 rings (SSSR count). The van der Waals surface area contributed by atoms with Crippen LogP contribution in [0.25, 0.3) is 11.0 Å². The normalized spacial score (nSPS) is 19.8. The maximum atomic E-state index is 12.5. The number of benzene rings is 1. The third-order valence-electron chi connectivity index (χ3n) is 5.26. The molecule has 0 spiro atoms. The molecule has 3 unspecified atom stereocenters. The molecule has 1 fully saturated rings. The summed E-state index contributed by atoms with van der Waals surface area (Å²) in [7, 11) is 0. The summed E-state index contributed by atoms with van der Waals surface area (Å²) >= 11 is 0. The van der Waals surface area contributed by atoms with E-state index >= 15 is 0 Å². The lowest BCUT2D eigenvalue weighted by molar-refractivity contribution is -0.0430. The first-order valence-corrected chi connectivity index (χ1v) is 10.1. The topological polar surface area (TPSA) is 173 Å². The number of nitrogen functional groups attached to an aromatic ring is 1. The van der Waals surface area contributed by atoms with E-state index in [1.165, 1.54) is 24.3 Å². The van der Waals surface area contributed by atoms with Gasteiger partial charge in [-0.25, -0.2) is 0 Å². The van der Waals surface area contributed by atoms with Gasteiger partial charge in [-0.05, 0) is 12.1 Å². The number of carbonyl (C=O) groups is 2. The number of nitrogens with one attached hydrogen (secondary N) is 2. The number of anilines is 1. The fourth-order valence-electron chi connectivity index (χ4n) is 3.62. The average molecular weight is 451 g/mol. The van der Waals surface area contributed by atoms with Gasteiger partial charge in [0, 0.05) is 23.7 Å². The van der Waals surface area contributed by atoms with Crippen LogP contribution in [-0.4, -0.2) is 62.3 Å². The Balaban J connectivity index is 1.57. The molecule has 1 aliphatic rings. The van der Waals surface area contributed by atoms with E-state index in [-0.39, 0.29) is 42.5 Å². The van der Waals surface area contributed by atoms with Crippen molar-refractivity contribution in [2.45, 2.75) is 24.9 Å². The molecule has 0 bridgehead atoms. The van der Waals surface area contributed by atoms with E-state index in [1.807, 2.05) is 0 Å². The van der Waals surface area contributed by atoms with Crippen molar-refractivity contribution in [1.29, 1.82) is 0 Å². The number of aromatic amines is 1. The molecule has 3 heterocycles. The maximum Gasteiger partial charge on any atom is 0.263 e. The predicted molar refractivity (Wildman–Crippen MR) is 117 cm³/mol. The number of H-pyrrole nitrogens is 1. The molecular formula is C22H21N5O6. The molecule has 3 atom stereocenters. The summed E-state index contributed by atoms with van der Waals surface area (Å²) in [4.78, 5) is 42.1. The van der Waals surface area contributed by atoms with Gasteiger partial charge in [0.25, 0.3) is 11.5 Å². The second-order valence-electron chi connectivity index (χ2n) is 7.44. The number of hydrogen-bond acceptors (Lipinski definition) is 8. The molecule has 1 saturated heterocycles. The van der Waals surface area contributed by atoms with Crippen molar-refractivity contribution in [3.8, 4) is 11.8 Å². The van der Waals surface area contributed by atoms with Crippen LogP contribution in [0.1, 0.15) is 38.9 Å². The number of ether oxygens (including phenoxy) is 1. The van der Waals surface area contributed by atoms with Crippen LogP contribution in [0.5, 0.6) is 0 Å². The lowest BCUT2D eigenvalue weighted by atomic mass is 10.1. The summed E-state index contributed by atoms with van der Waals surface area (Å²) in [6, 6.07) is 6.14. The molecule has 1 amide bonds. The summed E-state index contributed by atoms with van der Waals surface area (Å²) in [5, 5.41) is 22.2. The van der Waals surface area contributed by atoms with E-state index in [4.69, 9.17) is 10.5 Å². The minimum Gasteiger partial charge on any atom is -0.394 e. The van der Waals surface area contributed by atoms with Crippen LogP contribution in [-0.2, 0) is 4.74 Å². The standard InChI is InChI=1S/C22H21N5O6/c23-22-25-19-18(21(32)26-22)14(9-27(19)17-8-15(30)16(11-29)33-17)2-1-7-24-20(31)13-5-3-12(10-28)4-6-13/h3-6,9-10,15-17,29-30H,7-8,11H2,(H,24,31)(H3,23,25,26,32). The minimum atomic E-state index is -0.873. The summed E-state index contributed by atoms with van der Waals surface area (Å²) in [5.41, 5.74) is 6.63. The molecule has 0 aliphatic carbocycles. The molecule has 33 heavy (non-hydrogen) atoms. The number of fused-ring (bicyclic) bond motifs is 1. The van der Waals surface area contributed by atoms with E-state index in [0.717, 1.165) is 0 Å². The Morgan fingerprint density at radius 1 is 1.39 bits per heavy atom. The highest BCUT2D eigenvalue weighted by molar-refractivity contribution is 5.95. The zero-order chi connectivity index (χ0) is 23.5. The number of aromatic nitrogens is 3. The number of amides is 1. The molecule has 170 valence electrons. The molecule has 11 nitrogen and oxygen atoms in total. The van der Waals surface area contributed by atoms with Crippen LogP contribution in [0.15, 0.2) is 35.3 Å². The first kappa shape index (κ1) is 22.2. The van der Waals surface area contributed by atoms with Gasteiger partial charge in [0.1, 0.15) is 18.6 Å². The largest absolute Gasteiger partial charge is 0.394 e. The number of hydrogen-bond donors (Lipinski definition) is 5. The lowest BCUT2D eigenvalue weighted by Crippen LogP contribution is -2.24. The van der Waals surface area contributed by atoms with Crippen LogP contribution >= 0.6 is 0 Å². The van der Waals surface area contributed by atoms with Crippen LogP contribution in [0.3, 0.4) is 0 Å². The van der Waals surface area contributed by atoms with Crippen molar-refractivity contribution in [2.75, 3.05) is 18.9 Å². The number of aliphatic hydroxyl groups is 2. The number of aldehydes is 1. The first-order valence-electron chi connectivity index (χ1n) is 10.1. The molecule has 1 aliphatic heterocycles. The Hall–Kier alpha value is -3.98. The van der Waals surface area contributed by atoms with E-state index in [1.54, 1.807) is 10.8 Å². The Labute approximate surface area is 187 Å². The quantitative estimate of drug-likeness (QED) is 0.256. The van der Waals surface area contributed by atoms with E-state index in [9.17, 15) is 24.6 Å². The van der Waals surface area contributed by atoms with Crippen molar-refractivity contribution in [1.82, 2.24) is 19.9 Å². The Morgan fingerprint density at radius 3 is 2.82 bits per heavy atom. The fraction of sp³-hybridized carbons (Fsp3) is 0.273.